The molecular formula is C15H21Cl2N3O2. The summed E-state index contributed by atoms with van der Waals surface area (Å²) in [7, 11) is 0. The van der Waals surface area contributed by atoms with Gasteiger partial charge in [-0.05, 0) is 31.0 Å². The number of rotatable bonds is 2. The fourth-order valence-electron chi connectivity index (χ4n) is 2.79. The lowest BCUT2D eigenvalue weighted by atomic mass is 9.82. The first-order valence-electron chi connectivity index (χ1n) is 7.04. The van der Waals surface area contributed by atoms with Gasteiger partial charge >= 0.3 is 0 Å². The number of nitrogens with zero attached hydrogens (tertiary/aromatic N) is 1. The monoisotopic (exact) mass is 345 g/mol. The Hall–Kier alpha value is -1.30. The van der Waals surface area contributed by atoms with Crippen molar-refractivity contribution in [3.8, 4) is 0 Å². The molecule has 0 saturated heterocycles. The number of oxazole rings is 1. The highest BCUT2D eigenvalue weighted by atomic mass is 35.5. The van der Waals surface area contributed by atoms with E-state index in [1.165, 1.54) is 0 Å². The fourth-order valence-corrected chi connectivity index (χ4v) is 2.79. The van der Waals surface area contributed by atoms with Crippen LogP contribution in [-0.4, -0.2) is 16.4 Å². The molecule has 3 rings (SSSR count). The molecule has 0 aliphatic heterocycles. The van der Waals surface area contributed by atoms with E-state index < -0.39 is 5.54 Å². The number of aryl methyl sites for hydroxylation is 1. The van der Waals surface area contributed by atoms with Gasteiger partial charge in [-0.25, -0.2) is 4.98 Å². The average molecular weight is 346 g/mol. The second-order valence-electron chi connectivity index (χ2n) is 5.59. The van der Waals surface area contributed by atoms with Crippen LogP contribution in [0.25, 0.3) is 11.1 Å². The van der Waals surface area contributed by atoms with E-state index in [1.54, 1.807) is 6.92 Å². The number of nitrogens with two attached hydrogens (primary N) is 1. The van der Waals surface area contributed by atoms with Crippen LogP contribution in [0.4, 0.5) is 5.69 Å². The minimum absolute atomic E-state index is 0. The Labute approximate surface area is 141 Å². The van der Waals surface area contributed by atoms with Crippen LogP contribution in [-0.2, 0) is 4.79 Å². The van der Waals surface area contributed by atoms with Crippen LogP contribution in [0.5, 0.6) is 0 Å². The summed E-state index contributed by atoms with van der Waals surface area (Å²) in [5.74, 6) is 0.516. The molecule has 3 N–H and O–H groups in total. The Morgan fingerprint density at radius 1 is 1.27 bits per heavy atom. The predicted octanol–water partition coefficient (Wildman–Crippen LogP) is 3.58. The molecule has 0 radical (unpaired) electrons. The molecular weight excluding hydrogens is 325 g/mol. The standard InChI is InChI=1S/C15H19N3O2.2ClH/c1-10-17-12-9-11(5-6-13(12)20-10)18-14(19)15(16)7-3-2-4-8-15;;/h5-6,9H,2-4,7-8,16H2,1H3,(H,18,19);2*1H. The van der Waals surface area contributed by atoms with Gasteiger partial charge in [0.05, 0.1) is 5.54 Å². The van der Waals surface area contributed by atoms with Crippen LogP contribution in [0, 0.1) is 6.92 Å². The van der Waals surface area contributed by atoms with Crippen LogP contribution in [0.1, 0.15) is 38.0 Å². The fraction of sp³-hybridized carbons (Fsp3) is 0.467. The van der Waals surface area contributed by atoms with Crippen LogP contribution in [0.3, 0.4) is 0 Å². The Kier molecular flexibility index (Phi) is 6.23. The summed E-state index contributed by atoms with van der Waals surface area (Å²) >= 11 is 0. The van der Waals surface area contributed by atoms with E-state index in [9.17, 15) is 4.79 Å². The topological polar surface area (TPSA) is 81.2 Å². The number of amides is 1. The maximum atomic E-state index is 12.4. The lowest BCUT2D eigenvalue weighted by Crippen LogP contribution is -2.52. The number of anilines is 1. The second-order valence-corrected chi connectivity index (χ2v) is 5.59. The third-order valence-electron chi connectivity index (χ3n) is 3.95. The molecule has 1 aliphatic carbocycles. The second kappa shape index (κ2) is 7.31. The predicted molar refractivity (Wildman–Crippen MR) is 91.9 cm³/mol. The molecule has 0 unspecified atom stereocenters. The van der Waals surface area contributed by atoms with E-state index in [4.69, 9.17) is 10.2 Å². The molecule has 0 bridgehead atoms. The van der Waals surface area contributed by atoms with Crippen molar-refractivity contribution in [2.75, 3.05) is 5.32 Å². The highest BCUT2D eigenvalue weighted by molar-refractivity contribution is 5.99. The third-order valence-corrected chi connectivity index (χ3v) is 3.95. The van der Waals surface area contributed by atoms with Gasteiger partial charge in [-0.15, -0.1) is 24.8 Å². The van der Waals surface area contributed by atoms with Crippen molar-refractivity contribution in [2.45, 2.75) is 44.6 Å². The Morgan fingerprint density at radius 3 is 2.64 bits per heavy atom. The molecule has 122 valence electrons. The first-order valence-corrected chi connectivity index (χ1v) is 7.04. The zero-order valence-electron chi connectivity index (χ0n) is 12.4. The molecule has 7 heteroatoms. The summed E-state index contributed by atoms with van der Waals surface area (Å²) in [6, 6.07) is 5.45. The summed E-state index contributed by atoms with van der Waals surface area (Å²) in [5, 5.41) is 2.91. The van der Waals surface area contributed by atoms with Crippen molar-refractivity contribution >= 4 is 47.5 Å². The van der Waals surface area contributed by atoms with Gasteiger partial charge in [0.2, 0.25) is 5.91 Å². The average Bonchev–Trinajstić information content (AvgIpc) is 2.79. The molecule has 22 heavy (non-hydrogen) atoms. The van der Waals surface area contributed by atoms with Gasteiger partial charge in [0.25, 0.3) is 0 Å². The first kappa shape index (κ1) is 18.7. The van der Waals surface area contributed by atoms with Gasteiger partial charge in [0.1, 0.15) is 5.52 Å². The molecule has 1 saturated carbocycles. The number of hydrogen-bond acceptors (Lipinski definition) is 4. The molecule has 1 fully saturated rings. The van der Waals surface area contributed by atoms with Crippen LogP contribution < -0.4 is 11.1 Å². The molecule has 1 aliphatic rings. The maximum Gasteiger partial charge on any atom is 0.244 e. The van der Waals surface area contributed by atoms with Gasteiger partial charge in [0.15, 0.2) is 11.5 Å². The summed E-state index contributed by atoms with van der Waals surface area (Å²) < 4.78 is 5.42. The van der Waals surface area contributed by atoms with Crippen molar-refractivity contribution in [3.05, 3.63) is 24.1 Å². The van der Waals surface area contributed by atoms with E-state index >= 15 is 0 Å². The third kappa shape index (κ3) is 3.72. The first-order chi connectivity index (χ1) is 9.57. The lowest BCUT2D eigenvalue weighted by molar-refractivity contribution is -0.122. The number of benzene rings is 1. The zero-order chi connectivity index (χ0) is 14.2. The molecule has 2 aromatic rings. The van der Waals surface area contributed by atoms with Crippen molar-refractivity contribution in [3.63, 3.8) is 0 Å². The highest BCUT2D eigenvalue weighted by Gasteiger charge is 2.35. The van der Waals surface area contributed by atoms with Crippen LogP contribution >= 0.6 is 24.8 Å². The summed E-state index contributed by atoms with van der Waals surface area (Å²) in [6.07, 6.45) is 4.71. The Balaban J connectivity index is 0.00000121. The normalized spacial score (nSPS) is 16.5. The zero-order valence-corrected chi connectivity index (χ0v) is 14.1. The highest BCUT2D eigenvalue weighted by Crippen LogP contribution is 2.28. The summed E-state index contributed by atoms with van der Waals surface area (Å²) in [5.41, 5.74) is 7.67. The van der Waals surface area contributed by atoms with Crippen molar-refractivity contribution in [1.82, 2.24) is 4.98 Å². The van der Waals surface area contributed by atoms with E-state index in [-0.39, 0.29) is 30.7 Å². The van der Waals surface area contributed by atoms with Gasteiger partial charge in [-0.1, -0.05) is 19.3 Å². The minimum Gasteiger partial charge on any atom is -0.441 e. The largest absolute Gasteiger partial charge is 0.441 e. The van der Waals surface area contributed by atoms with Crippen LogP contribution in [0.15, 0.2) is 22.6 Å². The molecule has 1 aromatic heterocycles. The number of aromatic nitrogens is 1. The number of carbonyl (C=O) groups excluding carboxylic acids is 1. The smallest absolute Gasteiger partial charge is 0.244 e. The SMILES string of the molecule is Cc1nc2cc(NC(=O)C3(N)CCCCC3)ccc2o1.Cl.Cl. The molecule has 0 atom stereocenters. The molecule has 1 amide bonds. The summed E-state index contributed by atoms with van der Waals surface area (Å²) in [6.45, 7) is 1.80. The maximum absolute atomic E-state index is 12.4. The molecule has 1 heterocycles. The van der Waals surface area contributed by atoms with Gasteiger partial charge in [0, 0.05) is 12.6 Å². The van der Waals surface area contributed by atoms with E-state index in [1.807, 2.05) is 18.2 Å². The minimum atomic E-state index is -0.729. The van der Waals surface area contributed by atoms with Crippen molar-refractivity contribution < 1.29 is 9.21 Å². The van der Waals surface area contributed by atoms with E-state index in [2.05, 4.69) is 10.3 Å². The van der Waals surface area contributed by atoms with Gasteiger partial charge < -0.3 is 15.5 Å². The van der Waals surface area contributed by atoms with Gasteiger partial charge in [-0.2, -0.15) is 0 Å². The van der Waals surface area contributed by atoms with Crippen LogP contribution in [0.2, 0.25) is 0 Å². The number of halogens is 2. The van der Waals surface area contributed by atoms with Crippen molar-refractivity contribution in [1.29, 1.82) is 0 Å². The van der Waals surface area contributed by atoms with Crippen molar-refractivity contribution in [2.24, 2.45) is 5.73 Å². The molecule has 5 nitrogen and oxygen atoms in total. The Morgan fingerprint density at radius 2 is 1.95 bits per heavy atom. The van der Waals surface area contributed by atoms with Gasteiger partial charge in [-0.3, -0.25) is 4.79 Å². The number of hydrogen-bond donors (Lipinski definition) is 2. The molecule has 0 spiro atoms. The molecule has 1 aromatic carbocycles. The number of fused-ring (bicyclic) bond motifs is 1. The van der Waals surface area contributed by atoms with E-state index in [0.29, 0.717) is 11.6 Å². The Bertz CT molecular complexity index is 651. The summed E-state index contributed by atoms with van der Waals surface area (Å²) in [4.78, 5) is 16.6. The lowest BCUT2D eigenvalue weighted by Gasteiger charge is -2.31. The van der Waals surface area contributed by atoms with E-state index in [0.717, 1.165) is 43.2 Å². The number of carbonyl (C=O) groups is 1. The quantitative estimate of drug-likeness (QED) is 0.871. The number of nitrogens with one attached hydrogen (secondary N) is 1.